The molecule has 2 saturated heterocycles. The maximum Gasteiger partial charge on any atom is 0.171 e. The van der Waals surface area contributed by atoms with Gasteiger partial charge in [0.2, 0.25) is 0 Å². The van der Waals surface area contributed by atoms with Crippen LogP contribution in [0, 0.1) is 52.3 Å². The first-order valence-corrected chi connectivity index (χ1v) is 13.3. The average Bonchev–Trinajstić information content (AvgIpc) is 3.20. The van der Waals surface area contributed by atoms with Crippen LogP contribution in [0.1, 0.15) is 79.1 Å². The van der Waals surface area contributed by atoms with E-state index in [0.29, 0.717) is 23.7 Å². The Hall–Kier alpha value is -0.490. The molecule has 1 unspecified atom stereocenters. The van der Waals surface area contributed by atoms with E-state index in [-0.39, 0.29) is 41.2 Å². The fourth-order valence-corrected chi connectivity index (χ4v) is 10.0. The lowest BCUT2D eigenvalue weighted by molar-refractivity contribution is -0.273. The number of carbonyl (C=O) groups excluding carboxylic acids is 1. The van der Waals surface area contributed by atoms with E-state index in [0.717, 1.165) is 58.0 Å². The van der Waals surface area contributed by atoms with Crippen LogP contribution in [0.3, 0.4) is 0 Å². The zero-order chi connectivity index (χ0) is 22.6. The van der Waals surface area contributed by atoms with Gasteiger partial charge in [-0.15, -0.1) is 0 Å². The molecule has 13 atom stereocenters. The Morgan fingerprint density at radius 1 is 1.00 bits per heavy atom. The summed E-state index contributed by atoms with van der Waals surface area (Å²) in [5.74, 6) is 1.45. The summed E-state index contributed by atoms with van der Waals surface area (Å²) in [5, 5.41) is 22.0. The molecule has 0 aromatic rings. The van der Waals surface area contributed by atoms with Gasteiger partial charge in [0.15, 0.2) is 11.6 Å². The molecule has 0 bridgehead atoms. The van der Waals surface area contributed by atoms with Gasteiger partial charge in [-0.2, -0.15) is 0 Å². The Balaban J connectivity index is 1.34. The molecule has 0 amide bonds. The normalized spacial score (nSPS) is 61.8. The highest BCUT2D eigenvalue weighted by molar-refractivity contribution is 5.88. The average molecular weight is 447 g/mol. The van der Waals surface area contributed by atoms with Crippen molar-refractivity contribution in [1.29, 1.82) is 0 Å². The summed E-state index contributed by atoms with van der Waals surface area (Å²) in [6.07, 6.45) is 6.54. The Bertz CT molecular complexity index is 789. The van der Waals surface area contributed by atoms with Crippen molar-refractivity contribution in [3.05, 3.63) is 0 Å². The number of Topliss-reactive ketones (excluding diaryl/α,β-unsaturated/α-hetero) is 1. The lowest BCUT2D eigenvalue weighted by Crippen LogP contribution is -2.64. The van der Waals surface area contributed by atoms with Crippen LogP contribution in [-0.4, -0.2) is 46.7 Å². The number of carbonyl (C=O) groups is 1. The Labute approximate surface area is 192 Å². The van der Waals surface area contributed by atoms with Gasteiger partial charge in [0.25, 0.3) is 0 Å². The molecule has 0 aromatic heterocycles. The fourth-order valence-electron chi connectivity index (χ4n) is 10.0. The molecular formula is C27H42O5. The van der Waals surface area contributed by atoms with Crippen molar-refractivity contribution in [2.45, 2.75) is 103 Å². The van der Waals surface area contributed by atoms with Crippen LogP contribution in [0.25, 0.3) is 0 Å². The second kappa shape index (κ2) is 7.02. The molecular weight excluding hydrogens is 404 g/mol. The SMILES string of the molecule is CC1CC[C@@]2(OC1)O[C@H]1C[C@H]3[C@@H]4CC[C@H]5C[C@@H](O)CC[C@]5(C)[C@H]4C(=O)[C@@H](O)[C@]3(C)[C@H]1[C@@H]2C. The van der Waals surface area contributed by atoms with Crippen molar-refractivity contribution in [3.8, 4) is 0 Å². The number of hydrogen-bond donors (Lipinski definition) is 2. The third kappa shape index (κ3) is 2.63. The van der Waals surface area contributed by atoms with Crippen molar-refractivity contribution in [3.63, 3.8) is 0 Å². The van der Waals surface area contributed by atoms with Crippen molar-refractivity contribution in [1.82, 2.24) is 0 Å². The minimum absolute atomic E-state index is 0.0725. The Morgan fingerprint density at radius 2 is 1.78 bits per heavy atom. The molecule has 0 aromatic carbocycles. The largest absolute Gasteiger partial charge is 0.393 e. The number of rotatable bonds is 0. The lowest BCUT2D eigenvalue weighted by Gasteiger charge is -2.61. The van der Waals surface area contributed by atoms with Crippen molar-refractivity contribution < 1.29 is 24.5 Å². The summed E-state index contributed by atoms with van der Waals surface area (Å²) in [5.41, 5.74) is -0.523. The molecule has 6 rings (SSSR count). The van der Waals surface area contributed by atoms with Gasteiger partial charge in [0.05, 0.1) is 18.8 Å². The molecule has 6 fully saturated rings. The Kier molecular flexibility index (Phi) is 4.83. The Morgan fingerprint density at radius 3 is 2.50 bits per heavy atom. The molecule has 4 aliphatic carbocycles. The summed E-state index contributed by atoms with van der Waals surface area (Å²) in [6, 6.07) is 0. The van der Waals surface area contributed by atoms with Crippen molar-refractivity contribution in [2.24, 2.45) is 52.3 Å². The molecule has 2 N–H and O–H groups in total. The van der Waals surface area contributed by atoms with Gasteiger partial charge in [-0.25, -0.2) is 0 Å². The summed E-state index contributed by atoms with van der Waals surface area (Å²) in [7, 11) is 0. The molecule has 5 heteroatoms. The summed E-state index contributed by atoms with van der Waals surface area (Å²) in [6.45, 7) is 9.70. The van der Waals surface area contributed by atoms with E-state index in [1.165, 1.54) is 0 Å². The number of aliphatic hydroxyl groups excluding tert-OH is 2. The highest BCUT2D eigenvalue weighted by Gasteiger charge is 2.73. The van der Waals surface area contributed by atoms with Gasteiger partial charge < -0.3 is 19.7 Å². The van der Waals surface area contributed by atoms with Gasteiger partial charge in [-0.1, -0.05) is 27.7 Å². The third-order valence-corrected chi connectivity index (χ3v) is 11.8. The second-order valence-corrected chi connectivity index (χ2v) is 13.1. The quantitative estimate of drug-likeness (QED) is 0.589. The van der Waals surface area contributed by atoms with Gasteiger partial charge in [0.1, 0.15) is 6.10 Å². The minimum Gasteiger partial charge on any atom is -0.393 e. The van der Waals surface area contributed by atoms with E-state index in [4.69, 9.17) is 9.47 Å². The molecule has 2 aliphatic heterocycles. The number of ether oxygens (including phenoxy) is 2. The molecule has 2 heterocycles. The van der Waals surface area contributed by atoms with Crippen LogP contribution in [0.15, 0.2) is 0 Å². The molecule has 6 aliphatic rings. The van der Waals surface area contributed by atoms with E-state index < -0.39 is 17.3 Å². The van der Waals surface area contributed by atoms with Crippen LogP contribution in [0.5, 0.6) is 0 Å². The predicted molar refractivity (Wildman–Crippen MR) is 120 cm³/mol. The van der Waals surface area contributed by atoms with Crippen molar-refractivity contribution in [2.75, 3.05) is 6.61 Å². The van der Waals surface area contributed by atoms with Crippen LogP contribution in [-0.2, 0) is 14.3 Å². The van der Waals surface area contributed by atoms with Crippen molar-refractivity contribution >= 4 is 5.78 Å². The summed E-state index contributed by atoms with van der Waals surface area (Å²) >= 11 is 0. The maximum absolute atomic E-state index is 14.0. The first-order valence-electron chi connectivity index (χ1n) is 13.3. The van der Waals surface area contributed by atoms with Gasteiger partial charge in [-0.05, 0) is 74.0 Å². The highest BCUT2D eigenvalue weighted by atomic mass is 16.7. The van der Waals surface area contributed by atoms with E-state index in [1.807, 2.05) is 0 Å². The lowest BCUT2D eigenvalue weighted by atomic mass is 9.43. The summed E-state index contributed by atoms with van der Waals surface area (Å²) in [4.78, 5) is 14.0. The van der Waals surface area contributed by atoms with Crippen LogP contribution in [0.2, 0.25) is 0 Å². The molecule has 180 valence electrons. The predicted octanol–water partition coefficient (Wildman–Crippen LogP) is 3.94. The van der Waals surface area contributed by atoms with Crippen LogP contribution >= 0.6 is 0 Å². The van der Waals surface area contributed by atoms with E-state index >= 15 is 0 Å². The molecule has 32 heavy (non-hydrogen) atoms. The van der Waals surface area contributed by atoms with E-state index in [9.17, 15) is 15.0 Å². The van der Waals surface area contributed by atoms with Crippen LogP contribution < -0.4 is 0 Å². The second-order valence-electron chi connectivity index (χ2n) is 13.1. The van der Waals surface area contributed by atoms with E-state index in [2.05, 4.69) is 27.7 Å². The standard InChI is InChI=1S/C27H42O5/c1-14-7-10-27(31-13-14)15(2)21-20(32-27)12-19-18-6-5-16-11-17(28)8-9-25(16,3)22(18)23(29)24(30)26(19,21)4/h14-22,24,28,30H,5-13H2,1-4H3/t14?,15-,16-,17-,18-,19-,20-,21-,22+,24+,25-,26-,27+/m0/s1. The first kappa shape index (κ1) is 22.0. The number of hydrogen-bond acceptors (Lipinski definition) is 5. The zero-order valence-corrected chi connectivity index (χ0v) is 20.3. The smallest absolute Gasteiger partial charge is 0.171 e. The molecule has 4 saturated carbocycles. The van der Waals surface area contributed by atoms with Crippen LogP contribution in [0.4, 0.5) is 0 Å². The molecule has 5 nitrogen and oxygen atoms in total. The monoisotopic (exact) mass is 446 g/mol. The minimum atomic E-state index is -0.921. The van der Waals surface area contributed by atoms with Gasteiger partial charge >= 0.3 is 0 Å². The topological polar surface area (TPSA) is 76.0 Å². The third-order valence-electron chi connectivity index (χ3n) is 11.8. The fraction of sp³-hybridized carbons (Fsp3) is 0.963. The molecule has 0 radical (unpaired) electrons. The maximum atomic E-state index is 14.0. The number of fused-ring (bicyclic) bond motifs is 7. The van der Waals surface area contributed by atoms with Gasteiger partial charge in [0, 0.05) is 29.6 Å². The number of aliphatic hydroxyl groups is 2. The van der Waals surface area contributed by atoms with E-state index in [1.54, 1.807) is 0 Å². The summed E-state index contributed by atoms with van der Waals surface area (Å²) < 4.78 is 13.1. The van der Waals surface area contributed by atoms with Gasteiger partial charge in [-0.3, -0.25) is 4.79 Å². The highest BCUT2D eigenvalue weighted by Crippen LogP contribution is 2.70. The first-order chi connectivity index (χ1) is 15.1. The number of ketones is 1. The molecule has 1 spiro atoms. The zero-order valence-electron chi connectivity index (χ0n) is 20.3.